The van der Waals surface area contributed by atoms with Crippen LogP contribution in [0, 0.1) is 35.5 Å². The minimum Gasteiger partial charge on any atom is -0.358 e. The van der Waals surface area contributed by atoms with Crippen LogP contribution in [0.4, 0.5) is 0 Å². The summed E-state index contributed by atoms with van der Waals surface area (Å²) in [5.74, 6) is -1.21. The predicted molar refractivity (Wildman–Crippen MR) is 91.0 cm³/mol. The van der Waals surface area contributed by atoms with Crippen LogP contribution in [0.5, 0.6) is 0 Å². The summed E-state index contributed by atoms with van der Waals surface area (Å²) in [7, 11) is 0. The van der Waals surface area contributed by atoms with E-state index in [2.05, 4.69) is 17.1 Å². The molecule has 0 aliphatic carbocycles. The lowest BCUT2D eigenvalue weighted by atomic mass is 9.80. The Kier molecular flexibility index (Phi) is 4.06. The molecule has 0 amide bonds. The molecule has 0 spiro atoms. The summed E-state index contributed by atoms with van der Waals surface area (Å²) >= 11 is 6.37. The zero-order valence-corrected chi connectivity index (χ0v) is 13.3. The minimum absolute atomic E-state index is 0.394. The summed E-state index contributed by atoms with van der Waals surface area (Å²) in [5, 5.41) is 20.6. The maximum Gasteiger partial charge on any atom is 0.144 e. The van der Waals surface area contributed by atoms with Gasteiger partial charge in [0.05, 0.1) is 12.1 Å². The largest absolute Gasteiger partial charge is 0.358 e. The van der Waals surface area contributed by atoms with Crippen molar-refractivity contribution in [3.8, 4) is 12.1 Å². The molecule has 0 radical (unpaired) electrons. The van der Waals surface area contributed by atoms with Crippen LogP contribution in [0.25, 0.3) is 10.9 Å². The Balaban J connectivity index is 2.32. The van der Waals surface area contributed by atoms with Crippen LogP contribution < -0.4 is 0 Å². The smallest absolute Gasteiger partial charge is 0.144 e. The molecule has 4 heteroatoms. The second-order valence-electron chi connectivity index (χ2n) is 5.44. The van der Waals surface area contributed by atoms with E-state index >= 15 is 0 Å². The highest BCUT2D eigenvalue weighted by Gasteiger charge is 2.30. The molecule has 2 aromatic carbocycles. The van der Waals surface area contributed by atoms with Gasteiger partial charge in [-0.25, -0.2) is 0 Å². The second kappa shape index (κ2) is 6.16. The fourth-order valence-corrected chi connectivity index (χ4v) is 3.36. The van der Waals surface area contributed by atoms with Crippen LogP contribution in [0.2, 0.25) is 5.02 Å². The van der Waals surface area contributed by atoms with Crippen molar-refractivity contribution in [3.05, 3.63) is 70.4 Å². The normalized spacial score (nSPS) is 12.0. The fourth-order valence-electron chi connectivity index (χ4n) is 3.11. The third kappa shape index (κ3) is 2.57. The molecular formula is C19H14ClN3. The van der Waals surface area contributed by atoms with Crippen LogP contribution in [-0.2, 0) is 0 Å². The van der Waals surface area contributed by atoms with Gasteiger partial charge >= 0.3 is 0 Å². The zero-order chi connectivity index (χ0) is 16.4. The lowest BCUT2D eigenvalue weighted by molar-refractivity contribution is 0.709. The van der Waals surface area contributed by atoms with Crippen LogP contribution in [0.1, 0.15) is 22.7 Å². The average Bonchev–Trinajstić information content (AvgIpc) is 2.89. The van der Waals surface area contributed by atoms with Crippen LogP contribution >= 0.6 is 11.6 Å². The number of aryl methyl sites for hydroxylation is 1. The van der Waals surface area contributed by atoms with Gasteiger partial charge in [0.15, 0.2) is 0 Å². The molecule has 0 fully saturated rings. The number of benzene rings is 2. The number of para-hydroxylation sites is 1. The number of rotatable bonds is 3. The SMILES string of the molecule is Cc1[nH]c2ccccc2c1[C@H](c1ccccc1Cl)C(C#N)C#N. The van der Waals surface area contributed by atoms with Gasteiger partial charge in [0.25, 0.3) is 0 Å². The highest BCUT2D eigenvalue weighted by atomic mass is 35.5. The lowest BCUT2D eigenvalue weighted by Gasteiger charge is -2.20. The van der Waals surface area contributed by atoms with E-state index in [0.717, 1.165) is 27.7 Å². The van der Waals surface area contributed by atoms with Crippen LogP contribution in [0.15, 0.2) is 48.5 Å². The van der Waals surface area contributed by atoms with Gasteiger partial charge in [-0.2, -0.15) is 10.5 Å². The molecule has 0 saturated heterocycles. The van der Waals surface area contributed by atoms with Gasteiger partial charge in [0.2, 0.25) is 0 Å². The van der Waals surface area contributed by atoms with Crippen molar-refractivity contribution >= 4 is 22.5 Å². The molecule has 3 rings (SSSR count). The van der Waals surface area contributed by atoms with E-state index in [1.54, 1.807) is 6.07 Å². The molecule has 1 atom stereocenters. The third-order valence-corrected chi connectivity index (χ3v) is 4.45. The number of aromatic nitrogens is 1. The Bertz CT molecular complexity index is 929. The van der Waals surface area contributed by atoms with Gasteiger partial charge in [-0.05, 0) is 30.2 Å². The maximum absolute atomic E-state index is 9.48. The van der Waals surface area contributed by atoms with Gasteiger partial charge < -0.3 is 4.98 Å². The summed E-state index contributed by atoms with van der Waals surface area (Å²) in [6.07, 6.45) is 0. The highest BCUT2D eigenvalue weighted by Crippen LogP contribution is 2.40. The van der Waals surface area contributed by atoms with Crippen molar-refractivity contribution < 1.29 is 0 Å². The molecule has 3 aromatic rings. The Morgan fingerprint density at radius 2 is 1.65 bits per heavy atom. The average molecular weight is 320 g/mol. The first-order valence-electron chi connectivity index (χ1n) is 7.28. The molecule has 0 aliphatic heterocycles. The number of nitriles is 2. The molecule has 0 saturated carbocycles. The van der Waals surface area contributed by atoms with Gasteiger partial charge in [-0.1, -0.05) is 48.0 Å². The maximum atomic E-state index is 9.48. The number of nitrogens with zero attached hydrogens (tertiary/aromatic N) is 2. The summed E-state index contributed by atoms with van der Waals surface area (Å²) in [4.78, 5) is 3.34. The predicted octanol–water partition coefficient (Wildman–Crippen LogP) is 4.92. The molecule has 23 heavy (non-hydrogen) atoms. The molecule has 1 heterocycles. The summed E-state index contributed by atoms with van der Waals surface area (Å²) in [6, 6.07) is 19.6. The molecule has 1 N–H and O–H groups in total. The van der Waals surface area contributed by atoms with E-state index in [4.69, 9.17) is 11.6 Å². The molecule has 0 unspecified atom stereocenters. The van der Waals surface area contributed by atoms with Crippen molar-refractivity contribution in [2.24, 2.45) is 5.92 Å². The lowest BCUT2D eigenvalue weighted by Crippen LogP contribution is -2.13. The second-order valence-corrected chi connectivity index (χ2v) is 5.85. The van der Waals surface area contributed by atoms with Crippen LogP contribution in [-0.4, -0.2) is 4.98 Å². The van der Waals surface area contributed by atoms with E-state index in [1.165, 1.54) is 0 Å². The molecule has 1 aromatic heterocycles. The minimum atomic E-state index is -0.812. The Morgan fingerprint density at radius 3 is 2.35 bits per heavy atom. The summed E-state index contributed by atoms with van der Waals surface area (Å²) in [5.41, 5.74) is 3.70. The number of hydrogen-bond donors (Lipinski definition) is 1. The van der Waals surface area contributed by atoms with Gasteiger partial charge in [-0.15, -0.1) is 0 Å². The van der Waals surface area contributed by atoms with E-state index in [0.29, 0.717) is 5.02 Å². The highest BCUT2D eigenvalue weighted by molar-refractivity contribution is 6.31. The first-order valence-corrected chi connectivity index (χ1v) is 7.66. The molecule has 0 aliphatic rings. The van der Waals surface area contributed by atoms with Crippen molar-refractivity contribution in [2.75, 3.05) is 0 Å². The van der Waals surface area contributed by atoms with E-state index in [-0.39, 0.29) is 0 Å². The van der Waals surface area contributed by atoms with Gasteiger partial charge in [0, 0.05) is 27.5 Å². The molecular weight excluding hydrogens is 306 g/mol. The first-order chi connectivity index (χ1) is 11.2. The molecule has 3 nitrogen and oxygen atoms in total. The van der Waals surface area contributed by atoms with E-state index in [9.17, 15) is 10.5 Å². The van der Waals surface area contributed by atoms with Crippen molar-refractivity contribution in [2.45, 2.75) is 12.8 Å². The summed E-state index contributed by atoms with van der Waals surface area (Å²) in [6.45, 7) is 1.96. The van der Waals surface area contributed by atoms with Crippen LogP contribution in [0.3, 0.4) is 0 Å². The van der Waals surface area contributed by atoms with Gasteiger partial charge in [0.1, 0.15) is 5.92 Å². The number of hydrogen-bond acceptors (Lipinski definition) is 2. The Morgan fingerprint density at radius 1 is 1.00 bits per heavy atom. The van der Waals surface area contributed by atoms with E-state index in [1.807, 2.05) is 49.4 Å². The number of fused-ring (bicyclic) bond motifs is 1. The molecule has 0 bridgehead atoms. The number of H-pyrrole nitrogens is 1. The first kappa shape index (κ1) is 15.2. The Hall–Kier alpha value is -2.75. The fraction of sp³-hybridized carbons (Fsp3) is 0.158. The van der Waals surface area contributed by atoms with E-state index < -0.39 is 11.8 Å². The number of aromatic amines is 1. The van der Waals surface area contributed by atoms with Crippen molar-refractivity contribution in [3.63, 3.8) is 0 Å². The summed E-state index contributed by atoms with van der Waals surface area (Å²) < 4.78 is 0. The number of nitrogens with one attached hydrogen (secondary N) is 1. The molecule has 112 valence electrons. The van der Waals surface area contributed by atoms with Crippen molar-refractivity contribution in [1.82, 2.24) is 4.98 Å². The quantitative estimate of drug-likeness (QED) is 0.744. The Labute approximate surface area is 139 Å². The monoisotopic (exact) mass is 319 g/mol. The third-order valence-electron chi connectivity index (χ3n) is 4.11. The van der Waals surface area contributed by atoms with Crippen molar-refractivity contribution in [1.29, 1.82) is 10.5 Å². The topological polar surface area (TPSA) is 63.4 Å². The number of halogens is 1. The zero-order valence-electron chi connectivity index (χ0n) is 12.5. The van der Waals surface area contributed by atoms with Gasteiger partial charge in [-0.3, -0.25) is 0 Å². The standard InChI is InChI=1S/C19H14ClN3/c1-12-18(15-7-3-5-9-17(15)23-12)19(13(10-21)11-22)14-6-2-4-8-16(14)20/h2-9,13,19,23H,1H3/t19-/m0/s1.